The van der Waals surface area contributed by atoms with E-state index in [0.717, 1.165) is 12.1 Å². The lowest BCUT2D eigenvalue weighted by atomic mass is 10.1. The largest absolute Gasteiger partial charge is 0.416 e. The molecule has 3 nitrogen and oxygen atoms in total. The average Bonchev–Trinajstić information content (AvgIpc) is 2.64. The number of halogens is 4. The summed E-state index contributed by atoms with van der Waals surface area (Å²) in [5.74, 6) is 0. The Morgan fingerprint density at radius 1 is 1.37 bits per heavy atom. The summed E-state index contributed by atoms with van der Waals surface area (Å²) in [5, 5.41) is 13.5. The van der Waals surface area contributed by atoms with Gasteiger partial charge in [0.15, 0.2) is 0 Å². The molecule has 1 aromatic carbocycles. The molecule has 1 N–H and O–H groups in total. The van der Waals surface area contributed by atoms with Crippen LogP contribution in [0.1, 0.15) is 11.1 Å². The third kappa shape index (κ3) is 2.59. The Hall–Kier alpha value is -1.53. The van der Waals surface area contributed by atoms with Crippen LogP contribution in [-0.4, -0.2) is 14.9 Å². The summed E-state index contributed by atoms with van der Waals surface area (Å²) >= 11 is 5.91. The molecule has 0 spiro atoms. The topological polar surface area (TPSA) is 38.0 Å². The van der Waals surface area contributed by atoms with Gasteiger partial charge in [0.2, 0.25) is 0 Å². The zero-order valence-corrected chi connectivity index (χ0v) is 10.6. The lowest BCUT2D eigenvalue weighted by Crippen LogP contribution is -2.04. The van der Waals surface area contributed by atoms with E-state index < -0.39 is 18.3 Å². The summed E-state index contributed by atoms with van der Waals surface area (Å²) in [6.07, 6.45) is -4.42. The second-order valence-electron chi connectivity index (χ2n) is 3.98. The van der Waals surface area contributed by atoms with Gasteiger partial charge in [0.1, 0.15) is 5.15 Å². The van der Waals surface area contributed by atoms with E-state index in [2.05, 4.69) is 5.10 Å². The number of nitrogens with zero attached hydrogens (tertiary/aromatic N) is 2. The number of aliphatic hydroxyl groups is 1. The standard InChI is InChI=1S/C12H10ClF3N2O/c1-18-11(13)9(6-19)10(17-18)7-3-2-4-8(5-7)12(14,15)16/h2-5,19H,6H2,1H3. The number of hydrogen-bond donors (Lipinski definition) is 1. The van der Waals surface area contributed by atoms with Crippen molar-refractivity contribution in [1.82, 2.24) is 9.78 Å². The number of aliphatic hydroxyl groups excluding tert-OH is 1. The highest BCUT2D eigenvalue weighted by Gasteiger charge is 2.31. The fourth-order valence-corrected chi connectivity index (χ4v) is 1.95. The second kappa shape index (κ2) is 4.86. The van der Waals surface area contributed by atoms with Gasteiger partial charge in [-0.3, -0.25) is 4.68 Å². The van der Waals surface area contributed by atoms with Crippen LogP contribution in [0.4, 0.5) is 13.2 Å². The molecule has 0 amide bonds. The van der Waals surface area contributed by atoms with Crippen LogP contribution in [0, 0.1) is 0 Å². The number of benzene rings is 1. The first-order chi connectivity index (χ1) is 8.84. The first kappa shape index (κ1) is 13.9. The van der Waals surface area contributed by atoms with Crippen LogP contribution >= 0.6 is 11.6 Å². The highest BCUT2D eigenvalue weighted by molar-refractivity contribution is 6.30. The van der Waals surface area contributed by atoms with E-state index in [9.17, 15) is 18.3 Å². The van der Waals surface area contributed by atoms with Crippen molar-refractivity contribution in [2.45, 2.75) is 12.8 Å². The molecule has 0 unspecified atom stereocenters. The van der Waals surface area contributed by atoms with Crippen molar-refractivity contribution in [3.63, 3.8) is 0 Å². The maximum Gasteiger partial charge on any atom is 0.416 e. The van der Waals surface area contributed by atoms with Gasteiger partial charge in [-0.1, -0.05) is 23.7 Å². The van der Waals surface area contributed by atoms with Crippen molar-refractivity contribution >= 4 is 11.6 Å². The van der Waals surface area contributed by atoms with Gasteiger partial charge in [-0.25, -0.2) is 0 Å². The predicted octanol–water partition coefficient (Wildman–Crippen LogP) is 3.25. The van der Waals surface area contributed by atoms with Gasteiger partial charge in [0.25, 0.3) is 0 Å². The van der Waals surface area contributed by atoms with Gasteiger partial charge < -0.3 is 5.11 Å². The lowest BCUT2D eigenvalue weighted by molar-refractivity contribution is -0.137. The van der Waals surface area contributed by atoms with Crippen LogP contribution in [0.5, 0.6) is 0 Å². The van der Waals surface area contributed by atoms with E-state index in [-0.39, 0.29) is 16.4 Å². The van der Waals surface area contributed by atoms with Crippen molar-refractivity contribution in [3.05, 3.63) is 40.5 Å². The minimum absolute atomic E-state index is 0.204. The fraction of sp³-hybridized carbons (Fsp3) is 0.250. The average molecular weight is 291 g/mol. The molecular weight excluding hydrogens is 281 g/mol. The van der Waals surface area contributed by atoms with Crippen molar-refractivity contribution < 1.29 is 18.3 Å². The number of aromatic nitrogens is 2. The predicted molar refractivity (Wildman–Crippen MR) is 64.6 cm³/mol. The van der Waals surface area contributed by atoms with Crippen molar-refractivity contribution in [1.29, 1.82) is 0 Å². The number of rotatable bonds is 2. The van der Waals surface area contributed by atoms with Gasteiger partial charge in [-0.15, -0.1) is 0 Å². The number of hydrogen-bond acceptors (Lipinski definition) is 2. The smallest absolute Gasteiger partial charge is 0.391 e. The molecule has 19 heavy (non-hydrogen) atoms. The third-order valence-corrected chi connectivity index (χ3v) is 3.16. The van der Waals surface area contributed by atoms with E-state index in [1.165, 1.54) is 16.8 Å². The molecule has 102 valence electrons. The summed E-state index contributed by atoms with van der Waals surface area (Å²) in [6.45, 7) is -0.391. The molecule has 0 saturated carbocycles. The van der Waals surface area contributed by atoms with Crippen LogP contribution in [-0.2, 0) is 19.8 Å². The summed E-state index contributed by atoms with van der Waals surface area (Å²) in [6, 6.07) is 4.75. The van der Waals surface area contributed by atoms with Crippen molar-refractivity contribution in [2.75, 3.05) is 0 Å². The molecule has 2 aromatic rings. The Labute approximate surface area is 112 Å². The van der Waals surface area contributed by atoms with Crippen LogP contribution in [0.3, 0.4) is 0 Å². The maximum absolute atomic E-state index is 12.6. The maximum atomic E-state index is 12.6. The van der Waals surface area contributed by atoms with E-state index in [0.29, 0.717) is 5.56 Å². The molecular formula is C12H10ClF3N2O. The Morgan fingerprint density at radius 2 is 2.05 bits per heavy atom. The zero-order chi connectivity index (χ0) is 14.2. The van der Waals surface area contributed by atoms with E-state index in [1.54, 1.807) is 7.05 Å². The molecule has 0 radical (unpaired) electrons. The third-order valence-electron chi connectivity index (χ3n) is 2.69. The molecule has 0 aliphatic rings. The quantitative estimate of drug-likeness (QED) is 0.922. The van der Waals surface area contributed by atoms with Crippen LogP contribution in [0.25, 0.3) is 11.3 Å². The molecule has 7 heteroatoms. The van der Waals surface area contributed by atoms with Crippen molar-refractivity contribution in [2.24, 2.45) is 7.05 Å². The minimum atomic E-state index is -4.42. The molecule has 0 saturated heterocycles. The Kier molecular flexibility index (Phi) is 3.56. The van der Waals surface area contributed by atoms with Gasteiger partial charge >= 0.3 is 6.18 Å². The van der Waals surface area contributed by atoms with Crippen LogP contribution in [0.15, 0.2) is 24.3 Å². The lowest BCUT2D eigenvalue weighted by Gasteiger charge is -2.08. The molecule has 0 bridgehead atoms. The van der Waals surface area contributed by atoms with Gasteiger partial charge in [-0.2, -0.15) is 18.3 Å². The van der Waals surface area contributed by atoms with Gasteiger partial charge in [0, 0.05) is 18.2 Å². The normalized spacial score (nSPS) is 11.9. The SMILES string of the molecule is Cn1nc(-c2cccc(C(F)(F)F)c2)c(CO)c1Cl. The molecule has 1 aromatic heterocycles. The first-order valence-corrected chi connectivity index (χ1v) is 5.72. The highest BCUT2D eigenvalue weighted by atomic mass is 35.5. The minimum Gasteiger partial charge on any atom is -0.391 e. The number of alkyl halides is 3. The van der Waals surface area contributed by atoms with E-state index in [4.69, 9.17) is 11.6 Å². The Morgan fingerprint density at radius 3 is 2.63 bits per heavy atom. The van der Waals surface area contributed by atoms with E-state index >= 15 is 0 Å². The number of aryl methyl sites for hydroxylation is 1. The van der Waals surface area contributed by atoms with Crippen molar-refractivity contribution in [3.8, 4) is 11.3 Å². The zero-order valence-electron chi connectivity index (χ0n) is 9.87. The fourth-order valence-electron chi connectivity index (χ4n) is 1.76. The molecule has 0 atom stereocenters. The van der Waals surface area contributed by atoms with Gasteiger partial charge in [-0.05, 0) is 12.1 Å². The monoisotopic (exact) mass is 290 g/mol. The molecule has 0 fully saturated rings. The molecule has 2 rings (SSSR count). The highest BCUT2D eigenvalue weighted by Crippen LogP contribution is 2.34. The molecule has 0 aliphatic heterocycles. The van der Waals surface area contributed by atoms with Crippen LogP contribution < -0.4 is 0 Å². The summed E-state index contributed by atoms with van der Waals surface area (Å²) < 4.78 is 39.3. The summed E-state index contributed by atoms with van der Waals surface area (Å²) in [5.41, 5.74) is 0.0571. The second-order valence-corrected chi connectivity index (χ2v) is 4.34. The molecule has 1 heterocycles. The Bertz CT molecular complexity index is 608. The summed E-state index contributed by atoms with van der Waals surface area (Å²) in [4.78, 5) is 0. The van der Waals surface area contributed by atoms with Crippen LogP contribution in [0.2, 0.25) is 5.15 Å². The Balaban J connectivity index is 2.57. The summed E-state index contributed by atoms with van der Waals surface area (Å²) in [7, 11) is 1.55. The first-order valence-electron chi connectivity index (χ1n) is 5.34. The van der Waals surface area contributed by atoms with E-state index in [1.807, 2.05) is 0 Å². The van der Waals surface area contributed by atoms with Gasteiger partial charge in [0.05, 0.1) is 17.9 Å². The molecule has 0 aliphatic carbocycles.